The van der Waals surface area contributed by atoms with E-state index < -0.39 is 0 Å². The maximum Gasteiger partial charge on any atom is 0.118 e. The molecule has 0 fully saturated rings. The standard InChI is InChI=1S/C16H21ClN2O/c1-12(14-4-6-15(17)7-5-14)19(3)10-16-8-13(9-18-2)11-20-16/h4-8,11-12,18H,9-10H2,1-3H3. The molecule has 0 amide bonds. The number of benzene rings is 1. The molecule has 3 nitrogen and oxygen atoms in total. The first kappa shape index (κ1) is 15.1. The van der Waals surface area contributed by atoms with Gasteiger partial charge in [-0.3, -0.25) is 4.90 Å². The zero-order chi connectivity index (χ0) is 14.5. The van der Waals surface area contributed by atoms with Crippen molar-refractivity contribution in [1.82, 2.24) is 10.2 Å². The van der Waals surface area contributed by atoms with E-state index in [4.69, 9.17) is 16.0 Å². The fourth-order valence-corrected chi connectivity index (χ4v) is 2.31. The lowest BCUT2D eigenvalue weighted by Gasteiger charge is -2.24. The zero-order valence-corrected chi connectivity index (χ0v) is 12.9. The second kappa shape index (κ2) is 6.93. The highest BCUT2D eigenvalue weighted by atomic mass is 35.5. The molecule has 1 heterocycles. The van der Waals surface area contributed by atoms with Crippen LogP contribution >= 0.6 is 11.6 Å². The molecular weight excluding hydrogens is 272 g/mol. The van der Waals surface area contributed by atoms with Gasteiger partial charge in [-0.15, -0.1) is 0 Å². The number of furan rings is 1. The molecule has 0 saturated carbocycles. The third-order valence-corrected chi connectivity index (χ3v) is 3.76. The Morgan fingerprint density at radius 1 is 1.30 bits per heavy atom. The zero-order valence-electron chi connectivity index (χ0n) is 12.2. The first-order chi connectivity index (χ1) is 9.60. The van der Waals surface area contributed by atoms with Gasteiger partial charge >= 0.3 is 0 Å². The molecule has 1 N–H and O–H groups in total. The molecule has 1 aromatic heterocycles. The first-order valence-electron chi connectivity index (χ1n) is 6.76. The van der Waals surface area contributed by atoms with Crippen LogP contribution in [0.2, 0.25) is 5.02 Å². The van der Waals surface area contributed by atoms with Gasteiger partial charge in [0.15, 0.2) is 0 Å². The van der Waals surface area contributed by atoms with Crippen molar-refractivity contribution in [2.75, 3.05) is 14.1 Å². The van der Waals surface area contributed by atoms with Crippen LogP contribution in [0.4, 0.5) is 0 Å². The highest BCUT2D eigenvalue weighted by Gasteiger charge is 2.13. The molecule has 0 radical (unpaired) electrons. The van der Waals surface area contributed by atoms with Crippen molar-refractivity contribution in [2.45, 2.75) is 26.1 Å². The minimum atomic E-state index is 0.310. The fraction of sp³-hybridized carbons (Fsp3) is 0.375. The Balaban J connectivity index is 1.99. The molecule has 2 aromatic rings. The van der Waals surface area contributed by atoms with Gasteiger partial charge in [-0.2, -0.15) is 0 Å². The summed E-state index contributed by atoms with van der Waals surface area (Å²) in [5.74, 6) is 0.985. The molecule has 1 aromatic carbocycles. The summed E-state index contributed by atoms with van der Waals surface area (Å²) in [7, 11) is 4.03. The van der Waals surface area contributed by atoms with Crippen LogP contribution in [0.3, 0.4) is 0 Å². The van der Waals surface area contributed by atoms with E-state index in [1.165, 1.54) is 11.1 Å². The van der Waals surface area contributed by atoms with Crippen molar-refractivity contribution in [3.05, 3.63) is 58.5 Å². The third kappa shape index (κ3) is 3.85. The SMILES string of the molecule is CNCc1coc(CN(C)C(C)c2ccc(Cl)cc2)c1. The van der Waals surface area contributed by atoms with Gasteiger partial charge in [0.1, 0.15) is 5.76 Å². The average molecular weight is 293 g/mol. The van der Waals surface area contributed by atoms with Crippen LogP contribution in [0.15, 0.2) is 41.0 Å². The minimum absolute atomic E-state index is 0.310. The van der Waals surface area contributed by atoms with Crippen molar-refractivity contribution in [2.24, 2.45) is 0 Å². The fourth-order valence-electron chi connectivity index (χ4n) is 2.18. The molecule has 0 aliphatic carbocycles. The number of nitrogens with one attached hydrogen (secondary N) is 1. The Labute approximate surface area is 125 Å². The van der Waals surface area contributed by atoms with Crippen LogP contribution in [-0.4, -0.2) is 19.0 Å². The first-order valence-corrected chi connectivity index (χ1v) is 7.14. The normalized spacial score (nSPS) is 12.8. The lowest BCUT2D eigenvalue weighted by Crippen LogP contribution is -2.21. The van der Waals surface area contributed by atoms with Gasteiger partial charge < -0.3 is 9.73 Å². The van der Waals surface area contributed by atoms with Crippen molar-refractivity contribution >= 4 is 11.6 Å². The lowest BCUT2D eigenvalue weighted by molar-refractivity contribution is 0.232. The summed E-state index contributed by atoms with van der Waals surface area (Å²) in [5, 5.41) is 3.89. The number of halogens is 1. The van der Waals surface area contributed by atoms with E-state index in [1.807, 2.05) is 25.4 Å². The van der Waals surface area contributed by atoms with Crippen LogP contribution in [0.25, 0.3) is 0 Å². The van der Waals surface area contributed by atoms with Crippen LogP contribution < -0.4 is 5.32 Å². The maximum absolute atomic E-state index is 5.92. The Kier molecular flexibility index (Phi) is 5.24. The van der Waals surface area contributed by atoms with E-state index >= 15 is 0 Å². The van der Waals surface area contributed by atoms with Gasteiger partial charge in [-0.1, -0.05) is 23.7 Å². The minimum Gasteiger partial charge on any atom is -0.468 e. The van der Waals surface area contributed by atoms with Crippen molar-refractivity contribution in [3.8, 4) is 0 Å². The Morgan fingerprint density at radius 2 is 2.00 bits per heavy atom. The molecule has 4 heteroatoms. The van der Waals surface area contributed by atoms with Gasteiger partial charge in [0.2, 0.25) is 0 Å². The van der Waals surface area contributed by atoms with Crippen LogP contribution in [0.1, 0.15) is 29.9 Å². The largest absolute Gasteiger partial charge is 0.468 e. The second-order valence-corrected chi connectivity index (χ2v) is 5.53. The lowest BCUT2D eigenvalue weighted by atomic mass is 10.1. The summed E-state index contributed by atoms with van der Waals surface area (Å²) in [6.07, 6.45) is 1.81. The smallest absolute Gasteiger partial charge is 0.118 e. The average Bonchev–Trinajstić information content (AvgIpc) is 2.86. The molecule has 2 rings (SSSR count). The van der Waals surface area contributed by atoms with Gasteiger partial charge in [0, 0.05) is 23.2 Å². The van der Waals surface area contributed by atoms with Gasteiger partial charge in [-0.05, 0) is 44.8 Å². The van der Waals surface area contributed by atoms with Gasteiger partial charge in [-0.25, -0.2) is 0 Å². The van der Waals surface area contributed by atoms with Crippen molar-refractivity contribution < 1.29 is 4.42 Å². The quantitative estimate of drug-likeness (QED) is 0.877. The molecule has 0 bridgehead atoms. The van der Waals surface area contributed by atoms with Crippen LogP contribution in [-0.2, 0) is 13.1 Å². The molecule has 0 spiro atoms. The molecule has 1 unspecified atom stereocenters. The molecular formula is C16H21ClN2O. The monoisotopic (exact) mass is 292 g/mol. The van der Waals surface area contributed by atoms with E-state index in [9.17, 15) is 0 Å². The highest BCUT2D eigenvalue weighted by Crippen LogP contribution is 2.22. The maximum atomic E-state index is 5.92. The Bertz CT molecular complexity index is 536. The number of hydrogen-bond donors (Lipinski definition) is 1. The summed E-state index contributed by atoms with van der Waals surface area (Å²) in [6, 6.07) is 10.4. The van der Waals surface area contributed by atoms with E-state index in [0.29, 0.717) is 6.04 Å². The molecule has 20 heavy (non-hydrogen) atoms. The predicted molar refractivity (Wildman–Crippen MR) is 82.8 cm³/mol. The Morgan fingerprint density at radius 3 is 2.65 bits per heavy atom. The summed E-state index contributed by atoms with van der Waals surface area (Å²) in [4.78, 5) is 2.26. The topological polar surface area (TPSA) is 28.4 Å². The summed E-state index contributed by atoms with van der Waals surface area (Å²) >= 11 is 5.92. The molecule has 0 aliphatic heterocycles. The summed E-state index contributed by atoms with van der Waals surface area (Å²) < 4.78 is 5.59. The van der Waals surface area contributed by atoms with Gasteiger partial charge in [0.25, 0.3) is 0 Å². The van der Waals surface area contributed by atoms with Gasteiger partial charge in [0.05, 0.1) is 12.8 Å². The Hall–Kier alpha value is -1.29. The van der Waals surface area contributed by atoms with E-state index in [-0.39, 0.29) is 0 Å². The third-order valence-electron chi connectivity index (χ3n) is 3.51. The van der Waals surface area contributed by atoms with Crippen LogP contribution in [0.5, 0.6) is 0 Å². The second-order valence-electron chi connectivity index (χ2n) is 5.09. The highest BCUT2D eigenvalue weighted by molar-refractivity contribution is 6.30. The van der Waals surface area contributed by atoms with E-state index in [0.717, 1.165) is 23.9 Å². The van der Waals surface area contributed by atoms with Crippen LogP contribution in [0, 0.1) is 0 Å². The molecule has 0 saturated heterocycles. The summed E-state index contributed by atoms with van der Waals surface area (Å²) in [6.45, 7) is 3.80. The van der Waals surface area contributed by atoms with E-state index in [1.54, 1.807) is 0 Å². The van der Waals surface area contributed by atoms with E-state index in [2.05, 4.69) is 42.4 Å². The molecule has 0 aliphatic rings. The number of hydrogen-bond acceptors (Lipinski definition) is 3. The number of rotatable bonds is 6. The number of nitrogens with zero attached hydrogens (tertiary/aromatic N) is 1. The van der Waals surface area contributed by atoms with Crippen molar-refractivity contribution in [1.29, 1.82) is 0 Å². The predicted octanol–water partition coefficient (Wildman–Crippen LogP) is 3.85. The molecule has 108 valence electrons. The summed E-state index contributed by atoms with van der Waals surface area (Å²) in [5.41, 5.74) is 2.42. The molecule has 1 atom stereocenters. The van der Waals surface area contributed by atoms with Crippen molar-refractivity contribution in [3.63, 3.8) is 0 Å².